The molecule has 6 unspecified atom stereocenters. The molecule has 2 N–H and O–H groups in total. The Bertz CT molecular complexity index is 276. The Morgan fingerprint density at radius 3 is 2.47 bits per heavy atom. The zero-order valence-electron chi connectivity index (χ0n) is 11.5. The molecule has 2 heterocycles. The van der Waals surface area contributed by atoms with Gasteiger partial charge in [0.2, 0.25) is 0 Å². The van der Waals surface area contributed by atoms with Crippen LogP contribution in [0.5, 0.6) is 0 Å². The number of alkyl halides is 1. The number of ether oxygens (including phenoxy) is 2. The SMILES string of the molecule is CC1CC(CCCCC2OC(I)CC2O)C(CO)O1. The summed E-state index contributed by atoms with van der Waals surface area (Å²) in [6.07, 6.45) is 6.10. The minimum Gasteiger partial charge on any atom is -0.394 e. The van der Waals surface area contributed by atoms with Gasteiger partial charge in [0, 0.05) is 6.42 Å². The van der Waals surface area contributed by atoms with Gasteiger partial charge in [-0.25, -0.2) is 0 Å². The highest BCUT2D eigenvalue weighted by Crippen LogP contribution is 2.32. The number of halogens is 1. The molecule has 0 aromatic heterocycles. The molecule has 2 rings (SSSR count). The molecule has 0 amide bonds. The molecule has 0 spiro atoms. The number of hydrogen-bond donors (Lipinski definition) is 2. The minimum atomic E-state index is -0.290. The molecule has 112 valence electrons. The third-order valence-electron chi connectivity index (χ3n) is 4.24. The summed E-state index contributed by atoms with van der Waals surface area (Å²) in [5.74, 6) is 0.492. The fourth-order valence-corrected chi connectivity index (χ4v) is 4.13. The van der Waals surface area contributed by atoms with Crippen LogP contribution in [0, 0.1) is 5.92 Å². The largest absolute Gasteiger partial charge is 0.394 e. The van der Waals surface area contributed by atoms with Crippen LogP contribution in [0.3, 0.4) is 0 Å². The lowest BCUT2D eigenvalue weighted by atomic mass is 9.93. The molecule has 0 aromatic carbocycles. The topological polar surface area (TPSA) is 58.9 Å². The number of aliphatic hydroxyl groups is 2. The van der Waals surface area contributed by atoms with Gasteiger partial charge in [-0.05, 0) is 32.1 Å². The van der Waals surface area contributed by atoms with Crippen LogP contribution in [-0.2, 0) is 9.47 Å². The van der Waals surface area contributed by atoms with Gasteiger partial charge in [-0.1, -0.05) is 35.4 Å². The molecule has 2 saturated heterocycles. The lowest BCUT2D eigenvalue weighted by Gasteiger charge is -2.17. The van der Waals surface area contributed by atoms with Crippen LogP contribution in [0.2, 0.25) is 0 Å². The molecule has 0 aliphatic carbocycles. The van der Waals surface area contributed by atoms with Crippen molar-refractivity contribution >= 4 is 22.6 Å². The van der Waals surface area contributed by atoms with Gasteiger partial charge in [-0.3, -0.25) is 0 Å². The summed E-state index contributed by atoms with van der Waals surface area (Å²) in [7, 11) is 0. The maximum Gasteiger partial charge on any atom is 0.111 e. The first kappa shape index (κ1) is 15.9. The fourth-order valence-electron chi connectivity index (χ4n) is 3.23. The van der Waals surface area contributed by atoms with E-state index >= 15 is 0 Å². The highest BCUT2D eigenvalue weighted by atomic mass is 127. The Hall–Kier alpha value is 0.570. The lowest BCUT2D eigenvalue weighted by molar-refractivity contribution is 0.00476. The first-order valence-electron chi connectivity index (χ1n) is 7.34. The molecule has 0 saturated carbocycles. The lowest BCUT2D eigenvalue weighted by Crippen LogP contribution is -2.22. The predicted molar refractivity (Wildman–Crippen MR) is 81.3 cm³/mol. The van der Waals surface area contributed by atoms with Crippen LogP contribution in [0.25, 0.3) is 0 Å². The summed E-state index contributed by atoms with van der Waals surface area (Å²) in [6.45, 7) is 2.21. The zero-order valence-corrected chi connectivity index (χ0v) is 13.7. The van der Waals surface area contributed by atoms with Crippen molar-refractivity contribution in [3.63, 3.8) is 0 Å². The van der Waals surface area contributed by atoms with Crippen LogP contribution < -0.4 is 0 Å². The number of hydrogen-bond acceptors (Lipinski definition) is 4. The van der Waals surface area contributed by atoms with E-state index < -0.39 is 0 Å². The van der Waals surface area contributed by atoms with Crippen molar-refractivity contribution in [3.8, 4) is 0 Å². The molecule has 2 aliphatic rings. The quantitative estimate of drug-likeness (QED) is 0.419. The van der Waals surface area contributed by atoms with Crippen LogP contribution in [0.15, 0.2) is 0 Å². The van der Waals surface area contributed by atoms with Crippen LogP contribution in [0.1, 0.15) is 45.4 Å². The van der Waals surface area contributed by atoms with Gasteiger partial charge in [0.1, 0.15) is 4.11 Å². The zero-order chi connectivity index (χ0) is 13.8. The van der Waals surface area contributed by atoms with Gasteiger partial charge >= 0.3 is 0 Å². The van der Waals surface area contributed by atoms with Crippen molar-refractivity contribution in [2.45, 2.75) is 74.0 Å². The molecule has 4 nitrogen and oxygen atoms in total. The first-order valence-corrected chi connectivity index (χ1v) is 8.58. The van der Waals surface area contributed by atoms with E-state index in [2.05, 4.69) is 29.5 Å². The van der Waals surface area contributed by atoms with Gasteiger partial charge < -0.3 is 19.7 Å². The molecule has 0 bridgehead atoms. The Balaban J connectivity index is 1.61. The Kier molecular flexibility index (Phi) is 6.33. The van der Waals surface area contributed by atoms with Crippen LogP contribution in [0.4, 0.5) is 0 Å². The number of aliphatic hydroxyl groups excluding tert-OH is 2. The molecular weight excluding hydrogens is 359 g/mol. The van der Waals surface area contributed by atoms with Crippen LogP contribution >= 0.6 is 22.6 Å². The summed E-state index contributed by atoms with van der Waals surface area (Å²) in [5, 5.41) is 19.1. The van der Waals surface area contributed by atoms with E-state index in [0.29, 0.717) is 5.92 Å². The van der Waals surface area contributed by atoms with Crippen molar-refractivity contribution < 1.29 is 19.7 Å². The third kappa shape index (κ3) is 4.52. The van der Waals surface area contributed by atoms with E-state index in [9.17, 15) is 10.2 Å². The summed E-state index contributed by atoms with van der Waals surface area (Å²) in [5.41, 5.74) is 0. The molecule has 2 fully saturated rings. The maximum atomic E-state index is 9.80. The number of rotatable bonds is 6. The van der Waals surface area contributed by atoms with E-state index in [0.717, 1.165) is 38.5 Å². The van der Waals surface area contributed by atoms with Gasteiger partial charge in [0.05, 0.1) is 31.0 Å². The fraction of sp³-hybridized carbons (Fsp3) is 1.00. The van der Waals surface area contributed by atoms with Crippen LogP contribution in [-0.4, -0.2) is 45.3 Å². The molecule has 19 heavy (non-hydrogen) atoms. The molecule has 6 atom stereocenters. The van der Waals surface area contributed by atoms with Crippen molar-refractivity contribution in [2.24, 2.45) is 5.92 Å². The Labute approximate surface area is 129 Å². The van der Waals surface area contributed by atoms with Gasteiger partial charge in [-0.15, -0.1) is 0 Å². The normalized spacial score (nSPS) is 42.9. The second-order valence-electron chi connectivity index (χ2n) is 5.84. The maximum absolute atomic E-state index is 9.80. The van der Waals surface area contributed by atoms with Crippen molar-refractivity contribution in [1.82, 2.24) is 0 Å². The average Bonchev–Trinajstić information content (AvgIpc) is 2.87. The molecular formula is C14H25IO4. The highest BCUT2D eigenvalue weighted by Gasteiger charge is 2.33. The summed E-state index contributed by atoms with van der Waals surface area (Å²) >= 11 is 2.24. The number of unbranched alkanes of at least 4 members (excludes halogenated alkanes) is 1. The second-order valence-corrected chi connectivity index (χ2v) is 7.22. The summed E-state index contributed by atoms with van der Waals surface area (Å²) in [6, 6.07) is 0. The monoisotopic (exact) mass is 384 g/mol. The minimum absolute atomic E-state index is 0.0225. The van der Waals surface area contributed by atoms with E-state index in [1.54, 1.807) is 0 Å². The summed E-state index contributed by atoms with van der Waals surface area (Å²) in [4.78, 5) is 0. The van der Waals surface area contributed by atoms with E-state index in [-0.39, 0.29) is 35.1 Å². The summed E-state index contributed by atoms with van der Waals surface area (Å²) < 4.78 is 11.5. The first-order chi connectivity index (χ1) is 9.10. The third-order valence-corrected chi connectivity index (χ3v) is 5.04. The van der Waals surface area contributed by atoms with Crippen molar-refractivity contribution in [3.05, 3.63) is 0 Å². The highest BCUT2D eigenvalue weighted by molar-refractivity contribution is 14.1. The molecule has 5 heteroatoms. The molecule has 0 aromatic rings. The smallest absolute Gasteiger partial charge is 0.111 e. The van der Waals surface area contributed by atoms with Gasteiger partial charge in [-0.2, -0.15) is 0 Å². The molecule has 0 radical (unpaired) electrons. The molecule has 2 aliphatic heterocycles. The van der Waals surface area contributed by atoms with E-state index in [1.807, 2.05) is 0 Å². The van der Waals surface area contributed by atoms with Crippen molar-refractivity contribution in [1.29, 1.82) is 0 Å². The average molecular weight is 384 g/mol. The van der Waals surface area contributed by atoms with Crippen molar-refractivity contribution in [2.75, 3.05) is 6.61 Å². The Morgan fingerprint density at radius 2 is 1.84 bits per heavy atom. The van der Waals surface area contributed by atoms with Gasteiger partial charge in [0.15, 0.2) is 0 Å². The standard InChI is InChI=1S/C14H25IO4/c1-9-6-10(13(8-16)18-9)4-2-3-5-12-11(17)7-14(15)19-12/h9-14,16-17H,2-8H2,1H3. The van der Waals surface area contributed by atoms with Gasteiger partial charge in [0.25, 0.3) is 0 Å². The second kappa shape index (κ2) is 7.54. The Morgan fingerprint density at radius 1 is 1.11 bits per heavy atom. The predicted octanol–water partition coefficient (Wildman–Crippen LogP) is 2.24. The van der Waals surface area contributed by atoms with E-state index in [1.165, 1.54) is 0 Å². The van der Waals surface area contributed by atoms with E-state index in [4.69, 9.17) is 9.47 Å².